The van der Waals surface area contributed by atoms with Crippen molar-refractivity contribution in [2.45, 2.75) is 20.8 Å². The first-order valence-electron chi connectivity index (χ1n) is 4.20. The smallest absolute Gasteiger partial charge is 0.360 e. The van der Waals surface area contributed by atoms with Crippen LogP contribution in [-0.2, 0) is 18.3 Å². The van der Waals surface area contributed by atoms with Crippen molar-refractivity contribution in [3.63, 3.8) is 0 Å². The number of ether oxygens (including phenoxy) is 1. The second-order valence-electron chi connectivity index (χ2n) is 2.33. The molecule has 0 aromatic carbocycles. The van der Waals surface area contributed by atoms with Crippen LogP contribution in [0.1, 0.15) is 20.8 Å². The fraction of sp³-hybridized carbons (Fsp3) is 0.750. The average molecular weight is 208 g/mol. The first-order chi connectivity index (χ1) is 6.10. The maximum atomic E-state index is 11.9. The maximum Gasteiger partial charge on any atom is 0.360 e. The SMILES string of the molecule is CCOP(=O)(OCC)/C(C)=C/OC. The summed E-state index contributed by atoms with van der Waals surface area (Å²) in [7, 11) is -1.60. The molecule has 0 bridgehead atoms. The Morgan fingerprint density at radius 2 is 1.77 bits per heavy atom. The molecule has 0 aromatic heterocycles. The van der Waals surface area contributed by atoms with Crippen LogP contribution < -0.4 is 0 Å². The van der Waals surface area contributed by atoms with Gasteiger partial charge in [0.25, 0.3) is 0 Å². The molecular weight excluding hydrogens is 191 g/mol. The number of rotatable bonds is 6. The van der Waals surface area contributed by atoms with E-state index in [0.717, 1.165) is 0 Å². The monoisotopic (exact) mass is 208 g/mol. The van der Waals surface area contributed by atoms with Gasteiger partial charge >= 0.3 is 7.60 Å². The third-order valence-electron chi connectivity index (χ3n) is 1.32. The lowest BCUT2D eigenvalue weighted by Gasteiger charge is -2.16. The van der Waals surface area contributed by atoms with E-state index in [4.69, 9.17) is 13.8 Å². The van der Waals surface area contributed by atoms with Gasteiger partial charge in [-0.15, -0.1) is 0 Å². The largest absolute Gasteiger partial charge is 0.504 e. The van der Waals surface area contributed by atoms with Crippen LogP contribution in [0.3, 0.4) is 0 Å². The van der Waals surface area contributed by atoms with Gasteiger partial charge in [-0.25, -0.2) is 0 Å². The number of methoxy groups -OCH3 is 1. The molecule has 0 heterocycles. The number of hydrogen-bond donors (Lipinski definition) is 0. The van der Waals surface area contributed by atoms with Gasteiger partial charge in [0.15, 0.2) is 0 Å². The molecule has 0 saturated carbocycles. The van der Waals surface area contributed by atoms with Crippen molar-refractivity contribution in [3.8, 4) is 0 Å². The summed E-state index contributed by atoms with van der Waals surface area (Å²) >= 11 is 0. The molecule has 0 unspecified atom stereocenters. The Bertz CT molecular complexity index is 202. The summed E-state index contributed by atoms with van der Waals surface area (Å²) in [6, 6.07) is 0. The van der Waals surface area contributed by atoms with Crippen molar-refractivity contribution in [2.75, 3.05) is 20.3 Å². The molecule has 4 nitrogen and oxygen atoms in total. The van der Waals surface area contributed by atoms with Crippen LogP contribution in [-0.4, -0.2) is 20.3 Å². The van der Waals surface area contributed by atoms with Crippen LogP contribution in [0.2, 0.25) is 0 Å². The lowest BCUT2D eigenvalue weighted by Crippen LogP contribution is -1.97. The van der Waals surface area contributed by atoms with Gasteiger partial charge in [0.2, 0.25) is 0 Å². The second kappa shape index (κ2) is 6.19. The summed E-state index contributed by atoms with van der Waals surface area (Å²) in [4.78, 5) is 0. The van der Waals surface area contributed by atoms with Crippen LogP contribution in [0, 0.1) is 0 Å². The Hall–Kier alpha value is -0.310. The van der Waals surface area contributed by atoms with Gasteiger partial charge in [-0.05, 0) is 20.8 Å². The van der Waals surface area contributed by atoms with Crippen molar-refractivity contribution in [3.05, 3.63) is 11.6 Å². The van der Waals surface area contributed by atoms with Crippen LogP contribution >= 0.6 is 7.60 Å². The molecular formula is C8H17O4P. The highest BCUT2D eigenvalue weighted by Crippen LogP contribution is 2.55. The standard InChI is InChI=1S/C8H17O4P/c1-5-11-13(9,12-6-2)8(3)7-10-4/h7H,5-6H2,1-4H3/b8-7+. The summed E-state index contributed by atoms with van der Waals surface area (Å²) in [6.45, 7) is 5.91. The molecule has 0 radical (unpaired) electrons. The molecule has 0 fully saturated rings. The molecule has 0 N–H and O–H groups in total. The van der Waals surface area contributed by atoms with E-state index >= 15 is 0 Å². The summed E-state index contributed by atoms with van der Waals surface area (Å²) in [5.74, 6) is 0. The van der Waals surface area contributed by atoms with Gasteiger partial charge in [-0.1, -0.05) is 0 Å². The van der Waals surface area contributed by atoms with Crippen molar-refractivity contribution in [1.82, 2.24) is 0 Å². The third kappa shape index (κ3) is 3.94. The van der Waals surface area contributed by atoms with E-state index in [1.54, 1.807) is 20.8 Å². The van der Waals surface area contributed by atoms with Gasteiger partial charge in [0.1, 0.15) is 0 Å². The third-order valence-corrected chi connectivity index (χ3v) is 3.48. The Morgan fingerprint density at radius 1 is 1.31 bits per heavy atom. The highest BCUT2D eigenvalue weighted by Gasteiger charge is 2.26. The fourth-order valence-corrected chi connectivity index (χ4v) is 2.21. The Morgan fingerprint density at radius 3 is 2.08 bits per heavy atom. The van der Waals surface area contributed by atoms with Crippen LogP contribution in [0.15, 0.2) is 11.6 Å². The zero-order valence-corrected chi connectivity index (χ0v) is 9.47. The minimum atomic E-state index is -3.09. The number of allylic oxidation sites excluding steroid dienone is 1. The lowest BCUT2D eigenvalue weighted by atomic mass is 10.7. The zero-order valence-electron chi connectivity index (χ0n) is 8.57. The molecule has 0 aromatic rings. The van der Waals surface area contributed by atoms with Crippen LogP contribution in [0.25, 0.3) is 0 Å². The zero-order chi connectivity index (χ0) is 10.3. The molecule has 0 amide bonds. The van der Waals surface area contributed by atoms with E-state index < -0.39 is 7.60 Å². The van der Waals surface area contributed by atoms with E-state index in [9.17, 15) is 4.57 Å². The number of hydrogen-bond acceptors (Lipinski definition) is 4. The Kier molecular flexibility index (Phi) is 6.04. The van der Waals surface area contributed by atoms with E-state index in [2.05, 4.69) is 0 Å². The molecule has 0 aliphatic rings. The Labute approximate surface area is 79.4 Å². The first kappa shape index (κ1) is 12.7. The lowest BCUT2D eigenvalue weighted by molar-refractivity contribution is 0.224. The molecule has 0 atom stereocenters. The predicted octanol–water partition coefficient (Wildman–Crippen LogP) is 2.76. The normalized spacial score (nSPS) is 13.1. The minimum absolute atomic E-state index is 0.353. The van der Waals surface area contributed by atoms with Crippen LogP contribution in [0.4, 0.5) is 0 Å². The highest BCUT2D eigenvalue weighted by molar-refractivity contribution is 7.58. The minimum Gasteiger partial charge on any atom is -0.504 e. The average Bonchev–Trinajstić information content (AvgIpc) is 2.05. The Balaban J connectivity index is 4.57. The van der Waals surface area contributed by atoms with E-state index in [-0.39, 0.29) is 0 Å². The molecule has 5 heteroatoms. The van der Waals surface area contributed by atoms with Crippen molar-refractivity contribution >= 4 is 7.60 Å². The quantitative estimate of drug-likeness (QED) is 0.497. The van der Waals surface area contributed by atoms with Crippen molar-refractivity contribution in [2.24, 2.45) is 0 Å². The second-order valence-corrected chi connectivity index (χ2v) is 4.54. The van der Waals surface area contributed by atoms with Gasteiger partial charge in [0.05, 0.1) is 31.9 Å². The molecule has 78 valence electrons. The van der Waals surface area contributed by atoms with Gasteiger partial charge < -0.3 is 13.8 Å². The van der Waals surface area contributed by atoms with Crippen molar-refractivity contribution < 1.29 is 18.3 Å². The summed E-state index contributed by atoms with van der Waals surface area (Å²) < 4.78 is 26.8. The van der Waals surface area contributed by atoms with E-state index in [1.807, 2.05) is 0 Å². The van der Waals surface area contributed by atoms with Crippen molar-refractivity contribution in [1.29, 1.82) is 0 Å². The fourth-order valence-electron chi connectivity index (χ4n) is 0.816. The summed E-state index contributed by atoms with van der Waals surface area (Å²) in [5.41, 5.74) is 0. The summed E-state index contributed by atoms with van der Waals surface area (Å²) in [6.07, 6.45) is 1.38. The maximum absolute atomic E-state index is 11.9. The first-order valence-corrected chi connectivity index (χ1v) is 5.74. The summed E-state index contributed by atoms with van der Waals surface area (Å²) in [5, 5.41) is 0.485. The molecule has 0 aliphatic heterocycles. The van der Waals surface area contributed by atoms with Crippen LogP contribution in [0.5, 0.6) is 0 Å². The molecule has 0 aliphatic carbocycles. The molecule has 0 spiro atoms. The predicted molar refractivity (Wildman–Crippen MR) is 51.6 cm³/mol. The highest BCUT2D eigenvalue weighted by atomic mass is 31.2. The van der Waals surface area contributed by atoms with Gasteiger partial charge in [0, 0.05) is 0 Å². The van der Waals surface area contributed by atoms with E-state index in [1.165, 1.54) is 13.4 Å². The van der Waals surface area contributed by atoms with Gasteiger partial charge in [-0.3, -0.25) is 4.57 Å². The molecule has 0 saturated heterocycles. The van der Waals surface area contributed by atoms with E-state index in [0.29, 0.717) is 18.5 Å². The topological polar surface area (TPSA) is 44.8 Å². The van der Waals surface area contributed by atoms with Gasteiger partial charge in [-0.2, -0.15) is 0 Å². The molecule has 13 heavy (non-hydrogen) atoms. The molecule has 0 rings (SSSR count).